The molecule has 1 fully saturated rings. The van der Waals surface area contributed by atoms with E-state index in [9.17, 15) is 4.39 Å². The zero-order valence-corrected chi connectivity index (χ0v) is 12.0. The number of aromatic nitrogens is 2. The number of piperidine rings is 1. The second-order valence-corrected chi connectivity index (χ2v) is 5.66. The molecule has 0 bridgehead atoms. The molecule has 0 radical (unpaired) electrons. The Morgan fingerprint density at radius 2 is 1.75 bits per heavy atom. The molecular formula is C16H20FN3. The summed E-state index contributed by atoms with van der Waals surface area (Å²) in [6, 6.07) is 8.70. The largest absolute Gasteiger partial charge is 0.306 e. The molecule has 0 atom stereocenters. The smallest absolute Gasteiger partial charge is 0.123 e. The predicted molar refractivity (Wildman–Crippen MR) is 78.1 cm³/mol. The molecule has 0 unspecified atom stereocenters. The topological polar surface area (TPSA) is 21.1 Å². The molecule has 1 aromatic heterocycles. The first-order valence-corrected chi connectivity index (χ1v) is 7.12. The summed E-state index contributed by atoms with van der Waals surface area (Å²) in [5.41, 5.74) is 3.19. The van der Waals surface area contributed by atoms with Gasteiger partial charge in [0.15, 0.2) is 0 Å². The van der Waals surface area contributed by atoms with Gasteiger partial charge in [-0.15, -0.1) is 0 Å². The van der Waals surface area contributed by atoms with Gasteiger partial charge < -0.3 is 4.90 Å². The summed E-state index contributed by atoms with van der Waals surface area (Å²) in [7, 11) is 4.17. The quantitative estimate of drug-likeness (QED) is 0.838. The highest BCUT2D eigenvalue weighted by atomic mass is 19.1. The number of likely N-dealkylation sites (tertiary alicyclic amines) is 1. The van der Waals surface area contributed by atoms with E-state index in [0.29, 0.717) is 5.92 Å². The number of hydrogen-bond acceptors (Lipinski definition) is 2. The third kappa shape index (κ3) is 2.61. The van der Waals surface area contributed by atoms with Crippen LogP contribution in [0.1, 0.15) is 24.5 Å². The minimum Gasteiger partial charge on any atom is -0.306 e. The summed E-state index contributed by atoms with van der Waals surface area (Å²) in [6.07, 6.45) is 2.36. The third-order valence-corrected chi connectivity index (χ3v) is 4.19. The standard InChI is InChI=1S/C16H20FN3/c1-19-9-7-13(8-10-19)16-11-15(18-20(16)2)12-3-5-14(17)6-4-12/h3-6,11,13H,7-10H2,1-2H3. The van der Waals surface area contributed by atoms with Crippen LogP contribution in [-0.4, -0.2) is 34.8 Å². The predicted octanol–water partition coefficient (Wildman–Crippen LogP) is 3.04. The minimum atomic E-state index is -0.208. The SMILES string of the molecule is CN1CCC(c2cc(-c3ccc(F)cc3)nn2C)CC1. The van der Waals surface area contributed by atoms with Crippen molar-refractivity contribution in [2.45, 2.75) is 18.8 Å². The summed E-state index contributed by atoms with van der Waals surface area (Å²) in [4.78, 5) is 2.37. The number of halogens is 1. The summed E-state index contributed by atoms with van der Waals surface area (Å²) in [5, 5.41) is 4.59. The fourth-order valence-electron chi connectivity index (χ4n) is 2.93. The Kier molecular flexibility index (Phi) is 3.57. The second-order valence-electron chi connectivity index (χ2n) is 5.66. The fourth-order valence-corrected chi connectivity index (χ4v) is 2.93. The van der Waals surface area contributed by atoms with Crippen LogP contribution < -0.4 is 0 Å². The summed E-state index contributed by atoms with van der Waals surface area (Å²) in [6.45, 7) is 2.28. The Bertz CT molecular complexity index is 580. The van der Waals surface area contributed by atoms with E-state index in [1.807, 2.05) is 11.7 Å². The van der Waals surface area contributed by atoms with Gasteiger partial charge >= 0.3 is 0 Å². The molecule has 1 saturated heterocycles. The highest BCUT2D eigenvalue weighted by Gasteiger charge is 2.22. The van der Waals surface area contributed by atoms with Crippen LogP contribution in [0, 0.1) is 5.82 Å². The van der Waals surface area contributed by atoms with Crippen molar-refractivity contribution in [3.8, 4) is 11.3 Å². The lowest BCUT2D eigenvalue weighted by molar-refractivity contribution is 0.251. The molecule has 1 aliphatic rings. The van der Waals surface area contributed by atoms with E-state index in [2.05, 4.69) is 23.1 Å². The van der Waals surface area contributed by atoms with Crippen molar-refractivity contribution >= 4 is 0 Å². The number of benzene rings is 1. The van der Waals surface area contributed by atoms with Crippen molar-refractivity contribution in [2.75, 3.05) is 20.1 Å². The number of hydrogen-bond donors (Lipinski definition) is 0. The number of nitrogens with zero attached hydrogens (tertiary/aromatic N) is 3. The van der Waals surface area contributed by atoms with Crippen molar-refractivity contribution in [3.05, 3.63) is 41.8 Å². The van der Waals surface area contributed by atoms with Gasteiger partial charge in [-0.2, -0.15) is 5.10 Å². The summed E-state index contributed by atoms with van der Waals surface area (Å²) < 4.78 is 15.0. The average molecular weight is 273 g/mol. The molecule has 2 heterocycles. The van der Waals surface area contributed by atoms with Crippen molar-refractivity contribution in [3.63, 3.8) is 0 Å². The van der Waals surface area contributed by atoms with E-state index in [0.717, 1.165) is 24.3 Å². The van der Waals surface area contributed by atoms with E-state index in [4.69, 9.17) is 0 Å². The van der Waals surface area contributed by atoms with Gasteiger partial charge in [-0.05, 0) is 63.3 Å². The first-order valence-electron chi connectivity index (χ1n) is 7.12. The second kappa shape index (κ2) is 5.37. The van der Waals surface area contributed by atoms with Crippen LogP contribution in [0.15, 0.2) is 30.3 Å². The Labute approximate surface area is 119 Å². The third-order valence-electron chi connectivity index (χ3n) is 4.19. The normalized spacial score (nSPS) is 17.6. The summed E-state index contributed by atoms with van der Waals surface area (Å²) >= 11 is 0. The van der Waals surface area contributed by atoms with Gasteiger partial charge in [0.25, 0.3) is 0 Å². The van der Waals surface area contributed by atoms with E-state index < -0.39 is 0 Å². The van der Waals surface area contributed by atoms with Crippen LogP contribution in [0.4, 0.5) is 4.39 Å². The molecule has 0 spiro atoms. The van der Waals surface area contributed by atoms with E-state index >= 15 is 0 Å². The Balaban J connectivity index is 1.85. The highest BCUT2D eigenvalue weighted by Crippen LogP contribution is 2.30. The Morgan fingerprint density at radius 3 is 2.40 bits per heavy atom. The number of aryl methyl sites for hydroxylation is 1. The molecule has 0 amide bonds. The van der Waals surface area contributed by atoms with Crippen LogP contribution in [0.5, 0.6) is 0 Å². The molecule has 0 aliphatic carbocycles. The van der Waals surface area contributed by atoms with E-state index in [1.165, 1.54) is 30.7 Å². The lowest BCUT2D eigenvalue weighted by Crippen LogP contribution is -2.29. The van der Waals surface area contributed by atoms with Gasteiger partial charge in [0, 0.05) is 24.2 Å². The lowest BCUT2D eigenvalue weighted by atomic mass is 9.93. The van der Waals surface area contributed by atoms with Gasteiger partial charge in [0.05, 0.1) is 5.69 Å². The van der Waals surface area contributed by atoms with Crippen LogP contribution in [0.3, 0.4) is 0 Å². The molecule has 2 aromatic rings. The minimum absolute atomic E-state index is 0.208. The van der Waals surface area contributed by atoms with E-state index in [-0.39, 0.29) is 5.82 Å². The average Bonchev–Trinajstić information content (AvgIpc) is 2.82. The molecule has 0 N–H and O–H groups in total. The highest BCUT2D eigenvalue weighted by molar-refractivity contribution is 5.59. The Morgan fingerprint density at radius 1 is 1.10 bits per heavy atom. The maximum Gasteiger partial charge on any atom is 0.123 e. The molecular weight excluding hydrogens is 253 g/mol. The first-order chi connectivity index (χ1) is 9.63. The monoisotopic (exact) mass is 273 g/mol. The lowest BCUT2D eigenvalue weighted by Gasteiger charge is -2.28. The van der Waals surface area contributed by atoms with Gasteiger partial charge in [0.1, 0.15) is 5.82 Å². The maximum atomic E-state index is 13.0. The van der Waals surface area contributed by atoms with Crippen LogP contribution >= 0.6 is 0 Å². The van der Waals surface area contributed by atoms with Crippen LogP contribution in [-0.2, 0) is 7.05 Å². The molecule has 1 aromatic carbocycles. The molecule has 0 saturated carbocycles. The zero-order chi connectivity index (χ0) is 14.1. The van der Waals surface area contributed by atoms with Gasteiger partial charge in [-0.3, -0.25) is 4.68 Å². The molecule has 106 valence electrons. The Hall–Kier alpha value is -1.68. The first kappa shape index (κ1) is 13.3. The molecule has 4 heteroatoms. The van der Waals surface area contributed by atoms with Crippen molar-refractivity contribution in [2.24, 2.45) is 7.05 Å². The maximum absolute atomic E-state index is 13.0. The van der Waals surface area contributed by atoms with E-state index in [1.54, 1.807) is 12.1 Å². The van der Waals surface area contributed by atoms with Crippen LogP contribution in [0.25, 0.3) is 11.3 Å². The molecule has 1 aliphatic heterocycles. The summed E-state index contributed by atoms with van der Waals surface area (Å²) in [5.74, 6) is 0.373. The van der Waals surface area contributed by atoms with Crippen molar-refractivity contribution in [1.29, 1.82) is 0 Å². The van der Waals surface area contributed by atoms with Gasteiger partial charge in [0.2, 0.25) is 0 Å². The zero-order valence-electron chi connectivity index (χ0n) is 12.0. The fraction of sp³-hybridized carbons (Fsp3) is 0.438. The van der Waals surface area contributed by atoms with Gasteiger partial charge in [-0.25, -0.2) is 4.39 Å². The van der Waals surface area contributed by atoms with Gasteiger partial charge in [-0.1, -0.05) is 0 Å². The number of rotatable bonds is 2. The van der Waals surface area contributed by atoms with Crippen molar-refractivity contribution in [1.82, 2.24) is 14.7 Å². The van der Waals surface area contributed by atoms with Crippen molar-refractivity contribution < 1.29 is 4.39 Å². The van der Waals surface area contributed by atoms with Crippen LogP contribution in [0.2, 0.25) is 0 Å². The molecule has 3 nitrogen and oxygen atoms in total. The molecule has 3 rings (SSSR count). The molecule has 20 heavy (non-hydrogen) atoms.